The van der Waals surface area contributed by atoms with Crippen molar-refractivity contribution >= 4 is 17.6 Å². The van der Waals surface area contributed by atoms with Crippen LogP contribution in [0.3, 0.4) is 0 Å². The summed E-state index contributed by atoms with van der Waals surface area (Å²) in [6.07, 6.45) is 0. The van der Waals surface area contributed by atoms with Gasteiger partial charge in [-0.15, -0.1) is 0 Å². The van der Waals surface area contributed by atoms with Gasteiger partial charge in [0.25, 0.3) is 11.8 Å². The lowest BCUT2D eigenvalue weighted by Crippen LogP contribution is -2.46. The van der Waals surface area contributed by atoms with Crippen molar-refractivity contribution in [3.63, 3.8) is 0 Å². The molecule has 0 radical (unpaired) electrons. The highest BCUT2D eigenvalue weighted by molar-refractivity contribution is 6.30. The molecule has 0 aliphatic carbocycles. The van der Waals surface area contributed by atoms with Crippen molar-refractivity contribution < 1.29 is 22.8 Å². The standard InChI is InChI=1S/C16H17ClF2N4O3/c1-10(20-15(24)23-6-7-25-9-16(18,19)8-23)13-21-14(26-22-13)11-2-4-12(17)5-3-11/h2-5,10H,6-9H2,1H3,(H,20,24). The molecule has 0 bridgehead atoms. The van der Waals surface area contributed by atoms with Gasteiger partial charge in [-0.05, 0) is 31.2 Å². The number of ether oxygens (including phenoxy) is 1. The third-order valence-corrected chi connectivity index (χ3v) is 4.04. The van der Waals surface area contributed by atoms with E-state index in [4.69, 9.17) is 20.9 Å². The van der Waals surface area contributed by atoms with Crippen molar-refractivity contribution in [2.75, 3.05) is 26.3 Å². The molecule has 10 heteroatoms. The number of rotatable bonds is 3. The Morgan fingerprint density at radius 1 is 1.38 bits per heavy atom. The second-order valence-corrected chi connectivity index (χ2v) is 6.40. The third kappa shape index (κ3) is 4.47. The largest absolute Gasteiger partial charge is 0.373 e. The average Bonchev–Trinajstić information content (AvgIpc) is 3.00. The van der Waals surface area contributed by atoms with Crippen LogP contribution in [-0.4, -0.2) is 53.3 Å². The van der Waals surface area contributed by atoms with Crippen LogP contribution in [0.1, 0.15) is 18.8 Å². The number of amides is 2. The van der Waals surface area contributed by atoms with Crippen molar-refractivity contribution in [3.8, 4) is 11.5 Å². The number of benzene rings is 1. The number of hydrogen-bond donors (Lipinski definition) is 1. The third-order valence-electron chi connectivity index (χ3n) is 3.79. The van der Waals surface area contributed by atoms with Crippen LogP contribution in [0.4, 0.5) is 13.6 Å². The van der Waals surface area contributed by atoms with Crippen LogP contribution in [-0.2, 0) is 4.74 Å². The molecule has 140 valence electrons. The first-order valence-electron chi connectivity index (χ1n) is 7.95. The van der Waals surface area contributed by atoms with Gasteiger partial charge in [-0.2, -0.15) is 4.98 Å². The predicted molar refractivity (Wildman–Crippen MR) is 89.0 cm³/mol. The summed E-state index contributed by atoms with van der Waals surface area (Å²) in [6.45, 7) is 0.382. The minimum atomic E-state index is -3.08. The quantitative estimate of drug-likeness (QED) is 0.876. The number of urea groups is 1. The molecule has 0 saturated carbocycles. The van der Waals surface area contributed by atoms with Crippen LogP contribution in [0.2, 0.25) is 5.02 Å². The first kappa shape index (κ1) is 18.5. The molecule has 0 spiro atoms. The first-order valence-corrected chi connectivity index (χ1v) is 8.32. The zero-order valence-electron chi connectivity index (χ0n) is 13.9. The summed E-state index contributed by atoms with van der Waals surface area (Å²) in [5.41, 5.74) is 0.677. The van der Waals surface area contributed by atoms with Gasteiger partial charge < -0.3 is 19.5 Å². The van der Waals surface area contributed by atoms with Gasteiger partial charge in [0, 0.05) is 17.1 Å². The number of halogens is 3. The van der Waals surface area contributed by atoms with E-state index in [9.17, 15) is 13.6 Å². The van der Waals surface area contributed by atoms with Crippen LogP contribution in [0.5, 0.6) is 0 Å². The Labute approximate surface area is 153 Å². The fourth-order valence-corrected chi connectivity index (χ4v) is 2.56. The van der Waals surface area contributed by atoms with E-state index in [1.54, 1.807) is 31.2 Å². The van der Waals surface area contributed by atoms with Crippen LogP contribution in [0, 0.1) is 0 Å². The number of carbonyl (C=O) groups is 1. The summed E-state index contributed by atoms with van der Waals surface area (Å²) in [4.78, 5) is 17.5. The molecule has 1 atom stereocenters. The predicted octanol–water partition coefficient (Wildman–Crippen LogP) is 3.13. The van der Waals surface area contributed by atoms with E-state index in [0.29, 0.717) is 10.6 Å². The summed E-state index contributed by atoms with van der Waals surface area (Å²) in [5.74, 6) is -2.57. The van der Waals surface area contributed by atoms with Crippen LogP contribution in [0.15, 0.2) is 28.8 Å². The number of nitrogens with zero attached hydrogens (tertiary/aromatic N) is 3. The maximum absolute atomic E-state index is 13.6. The number of nitrogens with one attached hydrogen (secondary N) is 1. The molecule has 2 aromatic rings. The smallest absolute Gasteiger partial charge is 0.318 e. The highest BCUT2D eigenvalue weighted by Gasteiger charge is 2.36. The Kier molecular flexibility index (Phi) is 5.38. The molecule has 3 rings (SSSR count). The summed E-state index contributed by atoms with van der Waals surface area (Å²) in [5, 5.41) is 7.01. The molecule has 1 aliphatic rings. The zero-order chi connectivity index (χ0) is 18.7. The van der Waals surface area contributed by atoms with Gasteiger partial charge in [-0.3, -0.25) is 0 Å². The lowest BCUT2D eigenvalue weighted by molar-refractivity contribution is -0.0652. The van der Waals surface area contributed by atoms with Gasteiger partial charge >= 0.3 is 6.03 Å². The van der Waals surface area contributed by atoms with Crippen molar-refractivity contribution in [1.29, 1.82) is 0 Å². The number of hydrogen-bond acceptors (Lipinski definition) is 5. The molecule has 7 nitrogen and oxygen atoms in total. The fraction of sp³-hybridized carbons (Fsp3) is 0.438. The molecular weight excluding hydrogens is 370 g/mol. The van der Waals surface area contributed by atoms with Gasteiger partial charge in [-0.1, -0.05) is 16.8 Å². The number of alkyl halides is 2. The molecule has 1 unspecified atom stereocenters. The second-order valence-electron chi connectivity index (χ2n) is 5.97. The van der Waals surface area contributed by atoms with Crippen LogP contribution < -0.4 is 5.32 Å². The molecule has 1 saturated heterocycles. The summed E-state index contributed by atoms with van der Waals surface area (Å²) in [6, 6.07) is 5.57. The minimum Gasteiger partial charge on any atom is -0.373 e. The first-order chi connectivity index (χ1) is 12.3. The maximum atomic E-state index is 13.6. The van der Waals surface area contributed by atoms with E-state index in [0.717, 1.165) is 4.90 Å². The number of aromatic nitrogens is 2. The Balaban J connectivity index is 1.65. The van der Waals surface area contributed by atoms with Crippen molar-refractivity contribution in [3.05, 3.63) is 35.1 Å². The lowest BCUT2D eigenvalue weighted by Gasteiger charge is -2.24. The van der Waals surface area contributed by atoms with Crippen LogP contribution in [0.25, 0.3) is 11.5 Å². The molecule has 1 aromatic heterocycles. The Morgan fingerprint density at radius 3 is 2.85 bits per heavy atom. The maximum Gasteiger partial charge on any atom is 0.318 e. The summed E-state index contributed by atoms with van der Waals surface area (Å²) < 4.78 is 37.1. The molecule has 2 amide bonds. The molecule has 1 fully saturated rings. The van der Waals surface area contributed by atoms with Gasteiger partial charge in [0.05, 0.1) is 19.2 Å². The second kappa shape index (κ2) is 7.55. The lowest BCUT2D eigenvalue weighted by atomic mass is 10.2. The normalized spacial score (nSPS) is 18.2. The van der Waals surface area contributed by atoms with Gasteiger partial charge in [0.2, 0.25) is 0 Å². The van der Waals surface area contributed by atoms with E-state index in [1.807, 2.05) is 0 Å². The fourth-order valence-electron chi connectivity index (χ4n) is 2.44. The summed E-state index contributed by atoms with van der Waals surface area (Å²) in [7, 11) is 0. The van der Waals surface area contributed by atoms with Crippen LogP contribution >= 0.6 is 11.6 Å². The molecular formula is C16H17ClF2N4O3. The van der Waals surface area contributed by atoms with Crippen molar-refractivity contribution in [2.24, 2.45) is 0 Å². The minimum absolute atomic E-state index is 0.0559. The van der Waals surface area contributed by atoms with Gasteiger partial charge in [0.15, 0.2) is 5.82 Å². The monoisotopic (exact) mass is 386 g/mol. The number of carbonyl (C=O) groups excluding carboxylic acids is 1. The molecule has 1 N–H and O–H groups in total. The van der Waals surface area contributed by atoms with Crippen molar-refractivity contribution in [2.45, 2.75) is 18.9 Å². The SMILES string of the molecule is CC(NC(=O)N1CCOCC(F)(F)C1)c1noc(-c2ccc(Cl)cc2)n1. The van der Waals surface area contributed by atoms with Gasteiger partial charge in [0.1, 0.15) is 6.61 Å². The highest BCUT2D eigenvalue weighted by Crippen LogP contribution is 2.22. The molecule has 26 heavy (non-hydrogen) atoms. The zero-order valence-corrected chi connectivity index (χ0v) is 14.7. The Hall–Kier alpha value is -2.26. The van der Waals surface area contributed by atoms with E-state index < -0.39 is 31.1 Å². The molecule has 1 aromatic carbocycles. The van der Waals surface area contributed by atoms with Crippen molar-refractivity contribution in [1.82, 2.24) is 20.4 Å². The Morgan fingerprint density at radius 2 is 2.12 bits per heavy atom. The summed E-state index contributed by atoms with van der Waals surface area (Å²) >= 11 is 5.84. The highest BCUT2D eigenvalue weighted by atomic mass is 35.5. The molecule has 1 aliphatic heterocycles. The van der Waals surface area contributed by atoms with E-state index in [1.165, 1.54) is 0 Å². The Bertz CT molecular complexity index is 769. The van der Waals surface area contributed by atoms with E-state index in [2.05, 4.69) is 15.5 Å². The van der Waals surface area contributed by atoms with Gasteiger partial charge in [-0.25, -0.2) is 13.6 Å². The topological polar surface area (TPSA) is 80.5 Å². The van der Waals surface area contributed by atoms with E-state index in [-0.39, 0.29) is 24.9 Å². The molecule has 2 heterocycles. The van der Waals surface area contributed by atoms with E-state index >= 15 is 0 Å². The average molecular weight is 387 g/mol.